The second kappa shape index (κ2) is 12.8. The molecule has 36 heavy (non-hydrogen) atoms. The minimum absolute atomic E-state index is 0.237. The zero-order chi connectivity index (χ0) is 26.2. The molecule has 0 spiro atoms. The Hall–Kier alpha value is -1.62. The van der Waals surface area contributed by atoms with Crippen LogP contribution in [0.15, 0.2) is 47.4 Å². The zero-order valence-corrected chi connectivity index (χ0v) is 21.3. The van der Waals surface area contributed by atoms with Crippen LogP contribution in [0, 0.1) is 5.82 Å². The number of hydrogen-bond acceptors (Lipinski definition) is 5. The third-order valence-electron chi connectivity index (χ3n) is 5.88. The number of nitrogens with one attached hydrogen (secondary N) is 1. The van der Waals surface area contributed by atoms with Gasteiger partial charge in [-0.3, -0.25) is 4.57 Å². The van der Waals surface area contributed by atoms with Crippen molar-refractivity contribution in [2.45, 2.75) is 48.9 Å². The molecule has 6 nitrogen and oxygen atoms in total. The maximum Gasteiger partial charge on any atom is 0.573 e. The van der Waals surface area contributed by atoms with E-state index >= 15 is 0 Å². The second-order valence-corrected chi connectivity index (χ2v) is 11.7. The Morgan fingerprint density at radius 2 is 1.86 bits per heavy atom. The molecule has 0 saturated carbocycles. The van der Waals surface area contributed by atoms with E-state index in [2.05, 4.69) is 10.1 Å². The third-order valence-corrected chi connectivity index (χ3v) is 7.91. The van der Waals surface area contributed by atoms with Gasteiger partial charge in [-0.05, 0) is 60.9 Å². The van der Waals surface area contributed by atoms with Crippen LogP contribution in [0.4, 0.5) is 17.6 Å². The van der Waals surface area contributed by atoms with E-state index in [0.717, 1.165) is 19.3 Å². The molecule has 0 radical (unpaired) electrons. The van der Waals surface area contributed by atoms with E-state index in [1.165, 1.54) is 23.9 Å². The lowest BCUT2D eigenvalue weighted by molar-refractivity contribution is -0.275. The van der Waals surface area contributed by atoms with Gasteiger partial charge in [0.1, 0.15) is 11.6 Å². The van der Waals surface area contributed by atoms with Crippen LogP contribution in [-0.4, -0.2) is 47.8 Å². The molecular weight excluding hydrogens is 521 g/mol. The van der Waals surface area contributed by atoms with Crippen LogP contribution in [0.1, 0.15) is 36.8 Å². The van der Waals surface area contributed by atoms with E-state index in [0.29, 0.717) is 41.5 Å². The summed E-state index contributed by atoms with van der Waals surface area (Å²) in [6, 6.07) is 11.3. The summed E-state index contributed by atoms with van der Waals surface area (Å²) < 4.78 is 73.7. The van der Waals surface area contributed by atoms with Gasteiger partial charge >= 0.3 is 14.0 Å². The van der Waals surface area contributed by atoms with Crippen molar-refractivity contribution in [3.63, 3.8) is 0 Å². The lowest BCUT2D eigenvalue weighted by Crippen LogP contribution is -2.47. The van der Waals surface area contributed by atoms with Crippen LogP contribution < -0.4 is 10.1 Å². The molecule has 0 unspecified atom stereocenters. The van der Waals surface area contributed by atoms with Crippen molar-refractivity contribution in [1.29, 1.82) is 0 Å². The topological polar surface area (TPSA) is 88.0 Å². The molecule has 0 aliphatic carbocycles. The highest BCUT2D eigenvalue weighted by atomic mass is 32.2. The molecule has 2 aromatic carbocycles. The predicted molar refractivity (Wildman–Crippen MR) is 130 cm³/mol. The summed E-state index contributed by atoms with van der Waals surface area (Å²) in [7, 11) is -4.07. The van der Waals surface area contributed by atoms with E-state index in [1.807, 2.05) is 0 Å². The number of benzene rings is 2. The third kappa shape index (κ3) is 9.04. The SMILES string of the molecule is O=P(O)(O)CCCNCc1ccc(SCCCCC2(c3ccccc3F)COC2)c(OC(F)(F)F)c1. The standard InChI is InChI=1S/C24H30F4NO5PS/c25-20-7-2-1-6-19(20)23(16-33-17-23)10-3-4-13-36-22-9-8-18(14-21(22)34-24(26,27)28)15-29-11-5-12-35(30,31)32/h1-2,6-9,14,29H,3-5,10-13,15-17H2,(H2,30,31,32). The first kappa shape index (κ1) is 28.9. The van der Waals surface area contributed by atoms with Crippen molar-refractivity contribution in [3.05, 3.63) is 59.4 Å². The number of alkyl halides is 3. The first-order valence-electron chi connectivity index (χ1n) is 11.6. The summed E-state index contributed by atoms with van der Waals surface area (Å²) in [5.41, 5.74) is 0.864. The Morgan fingerprint density at radius 1 is 1.11 bits per heavy atom. The summed E-state index contributed by atoms with van der Waals surface area (Å²) >= 11 is 1.27. The van der Waals surface area contributed by atoms with Gasteiger partial charge in [0.15, 0.2) is 0 Å². The summed E-state index contributed by atoms with van der Waals surface area (Å²) in [5.74, 6) is 0.0419. The van der Waals surface area contributed by atoms with Crippen molar-refractivity contribution in [2.24, 2.45) is 0 Å². The molecule has 200 valence electrons. The van der Waals surface area contributed by atoms with Crippen LogP contribution in [0.2, 0.25) is 0 Å². The van der Waals surface area contributed by atoms with Gasteiger partial charge in [-0.1, -0.05) is 30.7 Å². The predicted octanol–water partition coefficient (Wildman–Crippen LogP) is 5.61. The maximum atomic E-state index is 14.3. The van der Waals surface area contributed by atoms with Crippen LogP contribution >= 0.6 is 19.4 Å². The summed E-state index contributed by atoms with van der Waals surface area (Å²) in [6.07, 6.45) is -2.61. The van der Waals surface area contributed by atoms with Gasteiger partial charge in [0.2, 0.25) is 0 Å². The zero-order valence-electron chi connectivity index (χ0n) is 19.6. The number of unbranched alkanes of at least 4 members (excludes halogenated alkanes) is 1. The Bertz CT molecular complexity index is 1050. The van der Waals surface area contributed by atoms with E-state index < -0.39 is 14.0 Å². The molecule has 2 aromatic rings. The normalized spacial score (nSPS) is 15.5. The number of thioether (sulfide) groups is 1. The first-order valence-corrected chi connectivity index (χ1v) is 14.4. The van der Waals surface area contributed by atoms with Crippen molar-refractivity contribution in [3.8, 4) is 5.75 Å². The van der Waals surface area contributed by atoms with Crippen LogP contribution in [-0.2, 0) is 21.3 Å². The summed E-state index contributed by atoms with van der Waals surface area (Å²) in [5, 5.41) is 2.96. The largest absolute Gasteiger partial charge is 0.573 e. The summed E-state index contributed by atoms with van der Waals surface area (Å²) in [6.45, 7) is 1.47. The van der Waals surface area contributed by atoms with E-state index in [1.54, 1.807) is 30.3 Å². The Kier molecular flexibility index (Phi) is 10.3. The van der Waals surface area contributed by atoms with Crippen LogP contribution in [0.3, 0.4) is 0 Å². The quantitative estimate of drug-likeness (QED) is 0.122. The average molecular weight is 552 g/mol. The highest BCUT2D eigenvalue weighted by molar-refractivity contribution is 7.99. The lowest BCUT2D eigenvalue weighted by atomic mass is 9.74. The van der Waals surface area contributed by atoms with Crippen molar-refractivity contribution in [2.75, 3.05) is 31.7 Å². The van der Waals surface area contributed by atoms with Gasteiger partial charge in [-0.2, -0.15) is 0 Å². The van der Waals surface area contributed by atoms with Gasteiger partial charge in [0.05, 0.1) is 19.4 Å². The van der Waals surface area contributed by atoms with Gasteiger partial charge in [0.25, 0.3) is 0 Å². The Morgan fingerprint density at radius 3 is 2.50 bits per heavy atom. The molecule has 1 fully saturated rings. The van der Waals surface area contributed by atoms with Crippen molar-refractivity contribution in [1.82, 2.24) is 5.32 Å². The highest BCUT2D eigenvalue weighted by Crippen LogP contribution is 2.40. The number of halogens is 4. The van der Waals surface area contributed by atoms with Crippen LogP contribution in [0.25, 0.3) is 0 Å². The number of rotatable bonds is 14. The van der Waals surface area contributed by atoms with E-state index in [9.17, 15) is 22.1 Å². The molecule has 3 N–H and O–H groups in total. The molecule has 1 saturated heterocycles. The fourth-order valence-corrected chi connectivity index (χ4v) is 5.60. The fourth-order valence-electron chi connectivity index (χ4n) is 4.05. The molecule has 1 aliphatic rings. The van der Waals surface area contributed by atoms with Crippen molar-refractivity contribution < 1.29 is 41.4 Å². The Balaban J connectivity index is 1.51. The molecule has 1 aliphatic heterocycles. The lowest BCUT2D eigenvalue weighted by Gasteiger charge is -2.42. The molecule has 12 heteroatoms. The van der Waals surface area contributed by atoms with Gasteiger partial charge in [0, 0.05) is 16.9 Å². The molecule has 0 atom stereocenters. The average Bonchev–Trinajstić information content (AvgIpc) is 2.75. The molecule has 0 bridgehead atoms. The Labute approximate surface area is 211 Å². The van der Waals surface area contributed by atoms with Crippen molar-refractivity contribution >= 4 is 19.4 Å². The minimum Gasteiger partial charge on any atom is -0.405 e. The van der Waals surface area contributed by atoms with Gasteiger partial charge < -0.3 is 24.6 Å². The number of hydrogen-bond donors (Lipinski definition) is 3. The minimum atomic E-state index is -4.83. The monoisotopic (exact) mass is 551 g/mol. The smallest absolute Gasteiger partial charge is 0.405 e. The molecule has 0 aromatic heterocycles. The van der Waals surface area contributed by atoms with E-state index in [-0.39, 0.29) is 36.1 Å². The maximum absolute atomic E-state index is 14.3. The molecule has 0 amide bonds. The highest BCUT2D eigenvalue weighted by Gasteiger charge is 2.41. The molecule has 3 rings (SSSR count). The first-order chi connectivity index (χ1) is 17.0. The number of ether oxygens (including phenoxy) is 2. The summed E-state index contributed by atoms with van der Waals surface area (Å²) in [4.78, 5) is 18.1. The molecule has 1 heterocycles. The second-order valence-electron chi connectivity index (χ2n) is 8.81. The van der Waals surface area contributed by atoms with E-state index in [4.69, 9.17) is 14.5 Å². The molecular formula is C24H30F4NO5PS. The van der Waals surface area contributed by atoms with Crippen LogP contribution in [0.5, 0.6) is 5.75 Å². The van der Waals surface area contributed by atoms with Gasteiger partial charge in [-0.25, -0.2) is 4.39 Å². The van der Waals surface area contributed by atoms with Gasteiger partial charge in [-0.15, -0.1) is 24.9 Å². The fraction of sp³-hybridized carbons (Fsp3) is 0.500.